The van der Waals surface area contributed by atoms with E-state index in [9.17, 15) is 4.79 Å². The van der Waals surface area contributed by atoms with Gasteiger partial charge in [-0.2, -0.15) is 0 Å². The lowest BCUT2D eigenvalue weighted by Gasteiger charge is -2.35. The monoisotopic (exact) mass is 314 g/mol. The molecule has 126 valence electrons. The molecule has 1 saturated heterocycles. The summed E-state index contributed by atoms with van der Waals surface area (Å²) in [5.74, 6) is 0.997. The van der Waals surface area contributed by atoms with E-state index in [1.54, 1.807) is 0 Å². The summed E-state index contributed by atoms with van der Waals surface area (Å²) in [5.41, 5.74) is 1.44. The van der Waals surface area contributed by atoms with Crippen molar-refractivity contribution < 1.29 is 4.79 Å². The zero-order chi connectivity index (χ0) is 16.1. The average molecular weight is 314 g/mol. The Kier molecular flexibility index (Phi) is 5.71. The fourth-order valence-electron chi connectivity index (χ4n) is 4.05. The summed E-state index contributed by atoms with van der Waals surface area (Å²) >= 11 is 0. The molecule has 1 saturated carbocycles. The smallest absolute Gasteiger partial charge is 0.237 e. The van der Waals surface area contributed by atoms with Crippen molar-refractivity contribution in [2.45, 2.75) is 64.0 Å². The van der Waals surface area contributed by atoms with E-state index in [1.165, 1.54) is 37.7 Å². The molecule has 1 atom stereocenters. The summed E-state index contributed by atoms with van der Waals surface area (Å²) in [6.45, 7) is 4.18. The molecule has 1 heterocycles. The fraction of sp³-hybridized carbons (Fsp3) is 0.650. The van der Waals surface area contributed by atoms with E-state index in [4.69, 9.17) is 0 Å². The van der Waals surface area contributed by atoms with Gasteiger partial charge in [-0.05, 0) is 63.6 Å². The lowest BCUT2D eigenvalue weighted by atomic mass is 9.89. The van der Waals surface area contributed by atoms with Crippen LogP contribution >= 0.6 is 0 Å². The van der Waals surface area contributed by atoms with Crippen molar-refractivity contribution in [1.82, 2.24) is 10.2 Å². The predicted molar refractivity (Wildman–Crippen MR) is 94.3 cm³/mol. The second-order valence-electron chi connectivity index (χ2n) is 7.34. The van der Waals surface area contributed by atoms with E-state index in [2.05, 4.69) is 47.5 Å². The van der Waals surface area contributed by atoms with Gasteiger partial charge in [-0.15, -0.1) is 0 Å². The molecule has 2 aliphatic rings. The molecule has 1 aliphatic heterocycles. The van der Waals surface area contributed by atoms with E-state index >= 15 is 0 Å². The van der Waals surface area contributed by atoms with E-state index in [0.717, 1.165) is 31.8 Å². The quantitative estimate of drug-likeness (QED) is 0.903. The van der Waals surface area contributed by atoms with E-state index in [0.29, 0.717) is 6.04 Å². The SMILES string of the molecule is CC(C(=O)NC1CCCC1)N1CCC(Cc2ccccc2)CC1. The minimum atomic E-state index is 0.0216. The van der Waals surface area contributed by atoms with Gasteiger partial charge in [0.25, 0.3) is 0 Å². The number of carbonyl (C=O) groups is 1. The minimum absolute atomic E-state index is 0.0216. The Hall–Kier alpha value is -1.35. The zero-order valence-corrected chi connectivity index (χ0v) is 14.3. The van der Waals surface area contributed by atoms with Crippen LogP contribution in [0.5, 0.6) is 0 Å². The van der Waals surface area contributed by atoms with Gasteiger partial charge in [-0.1, -0.05) is 43.2 Å². The van der Waals surface area contributed by atoms with Gasteiger partial charge in [0.15, 0.2) is 0 Å². The van der Waals surface area contributed by atoms with Crippen LogP contribution in [0, 0.1) is 5.92 Å². The number of hydrogen-bond donors (Lipinski definition) is 1. The number of nitrogens with zero attached hydrogens (tertiary/aromatic N) is 1. The number of likely N-dealkylation sites (tertiary alicyclic amines) is 1. The van der Waals surface area contributed by atoms with Crippen LogP contribution in [-0.4, -0.2) is 36.0 Å². The van der Waals surface area contributed by atoms with Crippen LogP contribution in [0.1, 0.15) is 51.0 Å². The maximum absolute atomic E-state index is 12.4. The standard InChI is InChI=1S/C20H30N2O/c1-16(20(23)21-19-9-5-6-10-19)22-13-11-18(12-14-22)15-17-7-3-2-4-8-17/h2-4,7-8,16,18-19H,5-6,9-15H2,1H3,(H,21,23). The molecule has 0 spiro atoms. The highest BCUT2D eigenvalue weighted by molar-refractivity contribution is 5.81. The van der Waals surface area contributed by atoms with Gasteiger partial charge < -0.3 is 5.32 Å². The molecule has 3 rings (SSSR count). The summed E-state index contributed by atoms with van der Waals surface area (Å²) < 4.78 is 0. The maximum Gasteiger partial charge on any atom is 0.237 e. The first-order chi connectivity index (χ1) is 11.2. The number of hydrogen-bond acceptors (Lipinski definition) is 2. The highest BCUT2D eigenvalue weighted by atomic mass is 16.2. The zero-order valence-electron chi connectivity index (χ0n) is 14.3. The second-order valence-corrected chi connectivity index (χ2v) is 7.34. The van der Waals surface area contributed by atoms with Crippen molar-refractivity contribution in [3.8, 4) is 0 Å². The van der Waals surface area contributed by atoms with Crippen LogP contribution in [0.4, 0.5) is 0 Å². The summed E-state index contributed by atoms with van der Waals surface area (Å²) in [6.07, 6.45) is 8.45. The number of carbonyl (C=O) groups excluding carboxylic acids is 1. The van der Waals surface area contributed by atoms with Crippen molar-refractivity contribution in [3.63, 3.8) is 0 Å². The Morgan fingerprint density at radius 3 is 2.43 bits per heavy atom. The summed E-state index contributed by atoms with van der Waals surface area (Å²) in [4.78, 5) is 14.8. The molecule has 3 nitrogen and oxygen atoms in total. The van der Waals surface area contributed by atoms with Crippen LogP contribution in [0.2, 0.25) is 0 Å². The molecule has 1 aliphatic carbocycles. The van der Waals surface area contributed by atoms with E-state index < -0.39 is 0 Å². The molecule has 1 N–H and O–H groups in total. The van der Waals surface area contributed by atoms with Crippen LogP contribution in [-0.2, 0) is 11.2 Å². The fourth-order valence-corrected chi connectivity index (χ4v) is 4.05. The Balaban J connectivity index is 1.43. The first-order valence-electron chi connectivity index (χ1n) is 9.30. The van der Waals surface area contributed by atoms with Gasteiger partial charge in [-0.25, -0.2) is 0 Å². The normalized spacial score (nSPS) is 22.1. The Bertz CT molecular complexity index is 488. The van der Waals surface area contributed by atoms with Crippen LogP contribution in [0.25, 0.3) is 0 Å². The maximum atomic E-state index is 12.4. The molecule has 1 aromatic carbocycles. The molecule has 0 bridgehead atoms. The molecule has 0 aromatic heterocycles. The highest BCUT2D eigenvalue weighted by Gasteiger charge is 2.28. The molecular formula is C20H30N2O. The highest BCUT2D eigenvalue weighted by Crippen LogP contribution is 2.23. The molecule has 1 aromatic rings. The minimum Gasteiger partial charge on any atom is -0.352 e. The third kappa shape index (κ3) is 4.57. The molecule has 23 heavy (non-hydrogen) atoms. The van der Waals surface area contributed by atoms with Gasteiger partial charge in [0, 0.05) is 6.04 Å². The third-order valence-corrected chi connectivity index (χ3v) is 5.65. The Morgan fingerprint density at radius 2 is 1.78 bits per heavy atom. The lowest BCUT2D eigenvalue weighted by Crippen LogP contribution is -2.50. The van der Waals surface area contributed by atoms with Crippen LogP contribution in [0.3, 0.4) is 0 Å². The van der Waals surface area contributed by atoms with Crippen LogP contribution < -0.4 is 5.32 Å². The number of nitrogens with one attached hydrogen (secondary N) is 1. The molecule has 3 heteroatoms. The van der Waals surface area contributed by atoms with Crippen molar-refractivity contribution >= 4 is 5.91 Å². The predicted octanol–water partition coefficient (Wildman–Crippen LogP) is 3.39. The number of rotatable bonds is 5. The van der Waals surface area contributed by atoms with Crippen LogP contribution in [0.15, 0.2) is 30.3 Å². The number of piperidine rings is 1. The summed E-state index contributed by atoms with van der Waals surface area (Å²) in [5, 5.41) is 3.25. The first-order valence-corrected chi connectivity index (χ1v) is 9.30. The topological polar surface area (TPSA) is 32.3 Å². The number of benzene rings is 1. The van der Waals surface area contributed by atoms with Crippen molar-refractivity contribution in [3.05, 3.63) is 35.9 Å². The van der Waals surface area contributed by atoms with Gasteiger partial charge in [0.05, 0.1) is 6.04 Å². The number of amides is 1. The molecule has 1 unspecified atom stereocenters. The van der Waals surface area contributed by atoms with Gasteiger partial charge in [-0.3, -0.25) is 9.69 Å². The first kappa shape index (κ1) is 16.5. The van der Waals surface area contributed by atoms with Crippen molar-refractivity contribution in [1.29, 1.82) is 0 Å². The second kappa shape index (κ2) is 7.96. The van der Waals surface area contributed by atoms with Crippen molar-refractivity contribution in [2.24, 2.45) is 5.92 Å². The summed E-state index contributed by atoms with van der Waals surface area (Å²) in [6, 6.07) is 11.2. The Morgan fingerprint density at radius 1 is 1.13 bits per heavy atom. The molecule has 1 amide bonds. The molecule has 0 radical (unpaired) electrons. The van der Waals surface area contributed by atoms with Gasteiger partial charge in [0.1, 0.15) is 0 Å². The third-order valence-electron chi connectivity index (χ3n) is 5.65. The Labute approximate surface area is 140 Å². The molecular weight excluding hydrogens is 284 g/mol. The average Bonchev–Trinajstić information content (AvgIpc) is 3.09. The van der Waals surface area contributed by atoms with E-state index in [1.807, 2.05) is 0 Å². The van der Waals surface area contributed by atoms with Gasteiger partial charge >= 0.3 is 0 Å². The summed E-state index contributed by atoms with van der Waals surface area (Å²) in [7, 11) is 0. The molecule has 2 fully saturated rings. The lowest BCUT2D eigenvalue weighted by molar-refractivity contribution is -0.127. The van der Waals surface area contributed by atoms with Gasteiger partial charge in [0.2, 0.25) is 5.91 Å². The van der Waals surface area contributed by atoms with Crippen molar-refractivity contribution in [2.75, 3.05) is 13.1 Å². The van der Waals surface area contributed by atoms with E-state index in [-0.39, 0.29) is 11.9 Å². The largest absolute Gasteiger partial charge is 0.352 e.